The third-order valence-electron chi connectivity index (χ3n) is 2.84. The number of thioether (sulfide) groups is 1. The summed E-state index contributed by atoms with van der Waals surface area (Å²) in [6, 6.07) is 8.74. The largest absolute Gasteiger partial charge is 0.143 e. The fourth-order valence-corrected chi connectivity index (χ4v) is 5.23. The van der Waals surface area contributed by atoms with E-state index in [9.17, 15) is 0 Å². The molecular weight excluding hydrogens is 264 g/mol. The zero-order valence-corrected chi connectivity index (χ0v) is 11.8. The summed E-state index contributed by atoms with van der Waals surface area (Å²) < 4.78 is 0. The predicted octanol–water partition coefficient (Wildman–Crippen LogP) is 5.38. The van der Waals surface area contributed by atoms with E-state index < -0.39 is 0 Å². The fourth-order valence-electron chi connectivity index (χ4n) is 1.86. The van der Waals surface area contributed by atoms with Crippen molar-refractivity contribution in [3.05, 3.63) is 58.8 Å². The molecule has 2 aromatic rings. The SMILES string of the molecule is C=C1CSC(c2ccc(-c3cccs3)s2)C1=C. The minimum atomic E-state index is 0.432. The Morgan fingerprint density at radius 1 is 1.12 bits per heavy atom. The minimum absolute atomic E-state index is 0.432. The molecule has 2 aromatic heterocycles. The molecule has 0 spiro atoms. The quantitative estimate of drug-likeness (QED) is 0.710. The summed E-state index contributed by atoms with van der Waals surface area (Å²) in [5.74, 6) is 1.02. The third kappa shape index (κ3) is 2.03. The van der Waals surface area contributed by atoms with Gasteiger partial charge in [-0.3, -0.25) is 0 Å². The van der Waals surface area contributed by atoms with Crippen LogP contribution in [0.3, 0.4) is 0 Å². The van der Waals surface area contributed by atoms with Gasteiger partial charge >= 0.3 is 0 Å². The summed E-state index contributed by atoms with van der Waals surface area (Å²) >= 11 is 5.62. The van der Waals surface area contributed by atoms with Gasteiger partial charge in [0.15, 0.2) is 0 Å². The van der Waals surface area contributed by atoms with Crippen molar-refractivity contribution in [3.63, 3.8) is 0 Å². The van der Waals surface area contributed by atoms with Gasteiger partial charge in [-0.2, -0.15) is 0 Å². The van der Waals surface area contributed by atoms with E-state index in [2.05, 4.69) is 42.8 Å². The summed E-state index contributed by atoms with van der Waals surface area (Å²) in [5, 5.41) is 2.56. The number of hydrogen-bond acceptors (Lipinski definition) is 3. The first-order chi connectivity index (χ1) is 8.25. The molecule has 86 valence electrons. The van der Waals surface area contributed by atoms with E-state index in [1.54, 1.807) is 11.3 Å². The second-order valence-electron chi connectivity index (χ2n) is 4.00. The lowest BCUT2D eigenvalue weighted by Gasteiger charge is -2.06. The number of rotatable bonds is 2. The summed E-state index contributed by atoms with van der Waals surface area (Å²) in [6.45, 7) is 8.21. The lowest BCUT2D eigenvalue weighted by Crippen LogP contribution is -1.87. The lowest BCUT2D eigenvalue weighted by molar-refractivity contribution is 1.22. The molecule has 3 heteroatoms. The topological polar surface area (TPSA) is 0 Å². The molecule has 1 aliphatic rings. The van der Waals surface area contributed by atoms with Gasteiger partial charge in [0, 0.05) is 20.4 Å². The Morgan fingerprint density at radius 3 is 2.65 bits per heavy atom. The Hall–Kier alpha value is -0.770. The first-order valence-electron chi connectivity index (χ1n) is 5.38. The number of thiophene rings is 2. The van der Waals surface area contributed by atoms with Crippen LogP contribution in [-0.4, -0.2) is 5.75 Å². The van der Waals surface area contributed by atoms with Crippen LogP contribution >= 0.6 is 34.4 Å². The molecule has 1 fully saturated rings. The molecule has 1 saturated heterocycles. The predicted molar refractivity (Wildman–Crippen MR) is 81.1 cm³/mol. The molecule has 17 heavy (non-hydrogen) atoms. The molecule has 1 unspecified atom stereocenters. The number of hydrogen-bond donors (Lipinski definition) is 0. The van der Waals surface area contributed by atoms with Gasteiger partial charge in [0.1, 0.15) is 0 Å². The van der Waals surface area contributed by atoms with Crippen molar-refractivity contribution in [3.8, 4) is 9.75 Å². The summed E-state index contributed by atoms with van der Waals surface area (Å²) in [5.41, 5.74) is 2.40. The molecule has 0 bridgehead atoms. The Kier molecular flexibility index (Phi) is 2.99. The molecule has 0 aromatic carbocycles. The van der Waals surface area contributed by atoms with Crippen molar-refractivity contribution >= 4 is 34.4 Å². The van der Waals surface area contributed by atoms with E-state index >= 15 is 0 Å². The molecule has 0 saturated carbocycles. The minimum Gasteiger partial charge on any atom is -0.143 e. The van der Waals surface area contributed by atoms with Crippen LogP contribution in [0.4, 0.5) is 0 Å². The average molecular weight is 276 g/mol. The smallest absolute Gasteiger partial charge is 0.0640 e. The monoisotopic (exact) mass is 276 g/mol. The van der Waals surface area contributed by atoms with E-state index in [0.717, 1.165) is 5.75 Å². The zero-order chi connectivity index (χ0) is 11.8. The van der Waals surface area contributed by atoms with E-state index in [1.807, 2.05) is 23.1 Å². The summed E-state index contributed by atoms with van der Waals surface area (Å²) in [4.78, 5) is 4.12. The van der Waals surface area contributed by atoms with Gasteiger partial charge in [0.2, 0.25) is 0 Å². The molecule has 0 amide bonds. The first kappa shape index (κ1) is 11.3. The molecule has 0 radical (unpaired) electrons. The van der Waals surface area contributed by atoms with Crippen LogP contribution < -0.4 is 0 Å². The Labute approximate surface area is 114 Å². The van der Waals surface area contributed by atoms with E-state index in [0.29, 0.717) is 5.25 Å². The highest BCUT2D eigenvalue weighted by atomic mass is 32.2. The molecular formula is C14H12S3. The standard InChI is InChI=1S/C14H12S3/c1-9-8-16-14(10(9)2)13-6-5-12(17-13)11-4-3-7-15-11/h3-7,14H,1-2,8H2. The van der Waals surface area contributed by atoms with E-state index in [4.69, 9.17) is 0 Å². The van der Waals surface area contributed by atoms with Crippen molar-refractivity contribution in [2.75, 3.05) is 5.75 Å². The van der Waals surface area contributed by atoms with Crippen molar-refractivity contribution in [1.29, 1.82) is 0 Å². The van der Waals surface area contributed by atoms with Gasteiger partial charge in [0.25, 0.3) is 0 Å². The van der Waals surface area contributed by atoms with Gasteiger partial charge in [-0.05, 0) is 34.7 Å². The normalized spacial score (nSPS) is 20.1. The van der Waals surface area contributed by atoms with Crippen LogP contribution in [0.15, 0.2) is 53.9 Å². The van der Waals surface area contributed by atoms with Crippen LogP contribution in [0.2, 0.25) is 0 Å². The van der Waals surface area contributed by atoms with Gasteiger partial charge in [0.05, 0.1) is 5.25 Å². The highest BCUT2D eigenvalue weighted by Crippen LogP contribution is 2.48. The molecule has 0 nitrogen and oxygen atoms in total. The maximum Gasteiger partial charge on any atom is 0.0640 e. The van der Waals surface area contributed by atoms with Gasteiger partial charge in [-0.25, -0.2) is 0 Å². The molecule has 1 atom stereocenters. The highest BCUT2D eigenvalue weighted by Gasteiger charge is 2.26. The molecule has 3 rings (SSSR count). The summed E-state index contributed by atoms with van der Waals surface area (Å²) in [7, 11) is 0. The average Bonchev–Trinajstić information content (AvgIpc) is 3.01. The fraction of sp³-hybridized carbons (Fsp3) is 0.143. The maximum atomic E-state index is 4.15. The lowest BCUT2D eigenvalue weighted by atomic mass is 10.1. The Bertz CT molecular complexity index is 560. The zero-order valence-electron chi connectivity index (χ0n) is 9.31. The van der Waals surface area contributed by atoms with Gasteiger partial charge in [-0.1, -0.05) is 19.2 Å². The second kappa shape index (κ2) is 4.48. The van der Waals surface area contributed by atoms with Crippen LogP contribution in [0, 0.1) is 0 Å². The Morgan fingerprint density at radius 2 is 2.00 bits per heavy atom. The first-order valence-corrected chi connectivity index (χ1v) is 8.12. The maximum absolute atomic E-state index is 4.15. The third-order valence-corrected chi connectivity index (χ3v) is 6.60. The van der Waals surface area contributed by atoms with Crippen molar-refractivity contribution in [2.45, 2.75) is 5.25 Å². The van der Waals surface area contributed by atoms with Gasteiger partial charge < -0.3 is 0 Å². The van der Waals surface area contributed by atoms with Crippen LogP contribution in [0.5, 0.6) is 0 Å². The van der Waals surface area contributed by atoms with E-state index in [-0.39, 0.29) is 0 Å². The molecule has 0 aliphatic carbocycles. The van der Waals surface area contributed by atoms with Crippen molar-refractivity contribution in [2.24, 2.45) is 0 Å². The van der Waals surface area contributed by atoms with Crippen LogP contribution in [-0.2, 0) is 0 Å². The second-order valence-corrected chi connectivity index (χ2v) is 7.16. The highest BCUT2D eigenvalue weighted by molar-refractivity contribution is 8.00. The molecule has 0 N–H and O–H groups in total. The van der Waals surface area contributed by atoms with Crippen LogP contribution in [0.1, 0.15) is 10.1 Å². The molecule has 3 heterocycles. The van der Waals surface area contributed by atoms with Crippen molar-refractivity contribution < 1.29 is 0 Å². The van der Waals surface area contributed by atoms with Crippen LogP contribution in [0.25, 0.3) is 9.75 Å². The Balaban J connectivity index is 1.91. The van der Waals surface area contributed by atoms with E-state index in [1.165, 1.54) is 25.8 Å². The van der Waals surface area contributed by atoms with Crippen molar-refractivity contribution in [1.82, 2.24) is 0 Å². The van der Waals surface area contributed by atoms with Gasteiger partial charge in [-0.15, -0.1) is 34.4 Å². The summed E-state index contributed by atoms with van der Waals surface area (Å²) in [6.07, 6.45) is 0. The molecule has 1 aliphatic heterocycles.